The van der Waals surface area contributed by atoms with E-state index in [9.17, 15) is 4.79 Å². The molecule has 0 atom stereocenters. The minimum Gasteiger partial charge on any atom is -0.349 e. The average molecular weight is 111 g/mol. The van der Waals surface area contributed by atoms with E-state index in [1.54, 1.807) is 0 Å². The van der Waals surface area contributed by atoms with Crippen molar-refractivity contribution in [1.29, 1.82) is 0 Å². The van der Waals surface area contributed by atoms with E-state index in [2.05, 4.69) is 5.32 Å². The first-order valence-electron chi connectivity index (χ1n) is 2.82. The fourth-order valence-corrected chi connectivity index (χ4v) is 0.778. The van der Waals surface area contributed by atoms with Gasteiger partial charge in [0.15, 0.2) is 0 Å². The van der Waals surface area contributed by atoms with Gasteiger partial charge in [-0.2, -0.15) is 0 Å². The lowest BCUT2D eigenvalue weighted by Gasteiger charge is -1.90. The lowest BCUT2D eigenvalue weighted by Crippen LogP contribution is -2.16. The zero-order valence-corrected chi connectivity index (χ0v) is 4.90. The summed E-state index contributed by atoms with van der Waals surface area (Å²) in [6.45, 7) is 2.71. The summed E-state index contributed by atoms with van der Waals surface area (Å²) in [5, 5.41) is 2.69. The first-order valence-corrected chi connectivity index (χ1v) is 2.82. The Labute approximate surface area is 48.6 Å². The summed E-state index contributed by atoms with van der Waals surface area (Å²) in [5.74, 6) is 0.104. The van der Waals surface area contributed by atoms with Crippen LogP contribution in [0, 0.1) is 0 Å². The van der Waals surface area contributed by atoms with Gasteiger partial charge in [-0.15, -0.1) is 0 Å². The highest BCUT2D eigenvalue weighted by Crippen LogP contribution is 2.03. The highest BCUT2D eigenvalue weighted by atomic mass is 16.1. The van der Waals surface area contributed by atoms with Crippen LogP contribution in [0.4, 0.5) is 0 Å². The van der Waals surface area contributed by atoms with E-state index in [1.807, 2.05) is 13.0 Å². The van der Waals surface area contributed by atoms with Crippen LogP contribution in [0.5, 0.6) is 0 Å². The van der Waals surface area contributed by atoms with Gasteiger partial charge in [-0.1, -0.05) is 13.0 Å². The molecule has 0 aliphatic carbocycles. The maximum absolute atomic E-state index is 10.6. The standard InChI is InChI=1S/C6H9NO/c1-2-5-3-4-7-6(5)8/h3H,2,4H2,1H3,(H,7,8). The normalized spacial score (nSPS) is 18.1. The second kappa shape index (κ2) is 1.99. The van der Waals surface area contributed by atoms with Crippen LogP contribution >= 0.6 is 0 Å². The zero-order chi connectivity index (χ0) is 5.98. The molecule has 1 N–H and O–H groups in total. The Morgan fingerprint density at radius 1 is 1.88 bits per heavy atom. The molecule has 2 heteroatoms. The lowest BCUT2D eigenvalue weighted by atomic mass is 10.2. The fourth-order valence-electron chi connectivity index (χ4n) is 0.778. The van der Waals surface area contributed by atoms with Gasteiger partial charge in [0.2, 0.25) is 5.91 Å². The van der Waals surface area contributed by atoms with Gasteiger partial charge in [0.25, 0.3) is 0 Å². The largest absolute Gasteiger partial charge is 0.349 e. The number of rotatable bonds is 1. The van der Waals surface area contributed by atoms with Crippen molar-refractivity contribution in [3.05, 3.63) is 11.6 Å². The number of carbonyl (C=O) groups excluding carboxylic acids is 1. The molecule has 1 aliphatic rings. The molecule has 0 fully saturated rings. The number of nitrogens with one attached hydrogen (secondary N) is 1. The summed E-state index contributed by atoms with van der Waals surface area (Å²) < 4.78 is 0. The molecule has 1 rings (SSSR count). The van der Waals surface area contributed by atoms with Crippen LogP contribution in [0.2, 0.25) is 0 Å². The predicted octanol–water partition coefficient (Wildman–Crippen LogP) is 0.453. The van der Waals surface area contributed by atoms with E-state index in [4.69, 9.17) is 0 Å². The third kappa shape index (κ3) is 0.735. The summed E-state index contributed by atoms with van der Waals surface area (Å²) >= 11 is 0. The number of amides is 1. The molecule has 1 aliphatic heterocycles. The molecule has 8 heavy (non-hydrogen) atoms. The van der Waals surface area contributed by atoms with E-state index < -0.39 is 0 Å². The Morgan fingerprint density at radius 3 is 2.88 bits per heavy atom. The topological polar surface area (TPSA) is 29.1 Å². The van der Waals surface area contributed by atoms with Crippen molar-refractivity contribution in [2.45, 2.75) is 13.3 Å². The Morgan fingerprint density at radius 2 is 2.62 bits per heavy atom. The van der Waals surface area contributed by atoms with Crippen LogP contribution in [0.3, 0.4) is 0 Å². The Balaban J connectivity index is 2.62. The van der Waals surface area contributed by atoms with E-state index in [0.29, 0.717) is 0 Å². The molecule has 0 aromatic carbocycles. The molecule has 0 spiro atoms. The highest BCUT2D eigenvalue weighted by Gasteiger charge is 2.10. The van der Waals surface area contributed by atoms with Gasteiger partial charge in [-0.3, -0.25) is 4.79 Å². The van der Waals surface area contributed by atoms with Crippen LogP contribution in [0.25, 0.3) is 0 Å². The number of carbonyl (C=O) groups is 1. The summed E-state index contributed by atoms with van der Waals surface area (Å²) in [4.78, 5) is 10.6. The minimum absolute atomic E-state index is 0.104. The van der Waals surface area contributed by atoms with Crippen LogP contribution in [-0.4, -0.2) is 12.5 Å². The Bertz CT molecular complexity index is 137. The molecule has 0 bridgehead atoms. The summed E-state index contributed by atoms with van der Waals surface area (Å²) in [6.07, 6.45) is 2.79. The molecule has 0 saturated carbocycles. The SMILES string of the molecule is CCC1=CCNC1=O. The first-order chi connectivity index (χ1) is 3.84. The predicted molar refractivity (Wildman–Crippen MR) is 31.4 cm³/mol. The van der Waals surface area contributed by atoms with Gasteiger partial charge < -0.3 is 5.32 Å². The van der Waals surface area contributed by atoms with E-state index >= 15 is 0 Å². The van der Waals surface area contributed by atoms with Gasteiger partial charge in [0, 0.05) is 12.1 Å². The van der Waals surface area contributed by atoms with Gasteiger partial charge in [0.1, 0.15) is 0 Å². The van der Waals surface area contributed by atoms with Crippen LogP contribution in [-0.2, 0) is 4.79 Å². The minimum atomic E-state index is 0.104. The van der Waals surface area contributed by atoms with Gasteiger partial charge in [0.05, 0.1) is 0 Å². The fraction of sp³-hybridized carbons (Fsp3) is 0.500. The molecule has 44 valence electrons. The van der Waals surface area contributed by atoms with Crippen molar-refractivity contribution in [3.8, 4) is 0 Å². The molecule has 1 amide bonds. The van der Waals surface area contributed by atoms with Crippen LogP contribution in [0.1, 0.15) is 13.3 Å². The monoisotopic (exact) mass is 111 g/mol. The van der Waals surface area contributed by atoms with Gasteiger partial charge in [-0.25, -0.2) is 0 Å². The van der Waals surface area contributed by atoms with E-state index in [1.165, 1.54) is 0 Å². The smallest absolute Gasteiger partial charge is 0.247 e. The number of hydrogen-bond acceptors (Lipinski definition) is 1. The zero-order valence-electron chi connectivity index (χ0n) is 4.90. The van der Waals surface area contributed by atoms with Crippen molar-refractivity contribution in [2.75, 3.05) is 6.54 Å². The first kappa shape index (κ1) is 5.35. The summed E-state index contributed by atoms with van der Waals surface area (Å²) in [6, 6.07) is 0. The third-order valence-electron chi connectivity index (χ3n) is 1.28. The molecule has 0 aromatic rings. The average Bonchev–Trinajstić information content (AvgIpc) is 2.14. The molecule has 0 aromatic heterocycles. The second-order valence-electron chi connectivity index (χ2n) is 1.79. The quantitative estimate of drug-likeness (QED) is 0.523. The molecule has 0 radical (unpaired) electrons. The highest BCUT2D eigenvalue weighted by molar-refractivity contribution is 5.95. The third-order valence-corrected chi connectivity index (χ3v) is 1.28. The maximum Gasteiger partial charge on any atom is 0.247 e. The lowest BCUT2D eigenvalue weighted by molar-refractivity contribution is -0.116. The van der Waals surface area contributed by atoms with Crippen molar-refractivity contribution in [1.82, 2.24) is 5.32 Å². The van der Waals surface area contributed by atoms with Crippen molar-refractivity contribution in [3.63, 3.8) is 0 Å². The van der Waals surface area contributed by atoms with Crippen LogP contribution < -0.4 is 5.32 Å². The number of hydrogen-bond donors (Lipinski definition) is 1. The molecular formula is C6H9NO. The van der Waals surface area contributed by atoms with E-state index in [0.717, 1.165) is 18.5 Å². The Kier molecular flexibility index (Phi) is 1.33. The van der Waals surface area contributed by atoms with Gasteiger partial charge >= 0.3 is 0 Å². The maximum atomic E-state index is 10.6. The molecule has 2 nitrogen and oxygen atoms in total. The molecule has 0 saturated heterocycles. The van der Waals surface area contributed by atoms with Gasteiger partial charge in [-0.05, 0) is 6.42 Å². The van der Waals surface area contributed by atoms with E-state index in [-0.39, 0.29) is 5.91 Å². The van der Waals surface area contributed by atoms with Crippen molar-refractivity contribution >= 4 is 5.91 Å². The second-order valence-corrected chi connectivity index (χ2v) is 1.79. The van der Waals surface area contributed by atoms with Crippen molar-refractivity contribution in [2.24, 2.45) is 0 Å². The molecule has 1 heterocycles. The molecule has 0 unspecified atom stereocenters. The summed E-state index contributed by atoms with van der Waals surface area (Å²) in [7, 11) is 0. The Hall–Kier alpha value is -0.790. The molecular weight excluding hydrogens is 102 g/mol. The van der Waals surface area contributed by atoms with Crippen LogP contribution in [0.15, 0.2) is 11.6 Å². The van der Waals surface area contributed by atoms with Crippen molar-refractivity contribution < 1.29 is 4.79 Å². The summed E-state index contributed by atoms with van der Waals surface area (Å²) in [5.41, 5.74) is 0.921.